The molecule has 15 heteroatoms. The third kappa shape index (κ3) is 10.5. The topological polar surface area (TPSA) is 147 Å². The van der Waals surface area contributed by atoms with Gasteiger partial charge < -0.3 is 32.4 Å². The lowest BCUT2D eigenvalue weighted by Gasteiger charge is -2.42. The molecule has 0 radical (unpaired) electrons. The Labute approximate surface area is 356 Å². The molecule has 1 aromatic heterocycles. The number of aromatic nitrogens is 2. The van der Waals surface area contributed by atoms with Gasteiger partial charge in [-0.1, -0.05) is 75.4 Å². The molecule has 4 aromatic rings. The number of hydrogen-bond donors (Lipinski definition) is 1. The highest BCUT2D eigenvalue weighted by Gasteiger charge is 2.54. The minimum absolute atomic E-state index is 0.00321. The molecule has 324 valence electrons. The van der Waals surface area contributed by atoms with Crippen molar-refractivity contribution in [3.05, 3.63) is 129 Å². The first-order chi connectivity index (χ1) is 28.5. The van der Waals surface area contributed by atoms with Crippen LogP contribution in [0.2, 0.25) is 18.1 Å². The zero-order chi connectivity index (χ0) is 43.8. The van der Waals surface area contributed by atoms with Crippen molar-refractivity contribution in [1.29, 1.82) is 5.26 Å². The van der Waals surface area contributed by atoms with E-state index in [-0.39, 0.29) is 36.8 Å². The first kappa shape index (κ1) is 46.9. The van der Waals surface area contributed by atoms with E-state index in [0.717, 1.165) is 16.7 Å². The quantitative estimate of drug-likeness (QED) is 0.0419. The average molecular weight is 861 g/mol. The van der Waals surface area contributed by atoms with Crippen molar-refractivity contribution in [2.24, 2.45) is 0 Å². The van der Waals surface area contributed by atoms with E-state index in [0.29, 0.717) is 11.5 Å². The van der Waals surface area contributed by atoms with Gasteiger partial charge in [-0.15, -0.1) is 0 Å². The second kappa shape index (κ2) is 20.1. The number of rotatable bonds is 19. The Kier molecular flexibility index (Phi) is 15.7. The summed E-state index contributed by atoms with van der Waals surface area (Å²) in [5.41, 5.74) is 0.119. The van der Waals surface area contributed by atoms with Crippen LogP contribution < -0.4 is 20.7 Å². The minimum Gasteiger partial charge on any atom is -0.497 e. The van der Waals surface area contributed by atoms with Crippen LogP contribution in [0.5, 0.6) is 11.5 Å². The highest BCUT2D eigenvalue weighted by Crippen LogP contribution is 2.52. The molecular weight excluding hydrogens is 800 g/mol. The fraction of sp³-hybridized carbons (Fsp3) is 0.489. The highest BCUT2D eigenvalue weighted by molar-refractivity contribution is 7.44. The molecule has 0 aliphatic carbocycles. The van der Waals surface area contributed by atoms with Gasteiger partial charge >= 0.3 is 5.69 Å². The van der Waals surface area contributed by atoms with Crippen LogP contribution in [0.25, 0.3) is 0 Å². The standard InChI is InChI=1S/C45H61N4O9PSi/c1-31(2)49(32(3)4)59(55-29-15-27-46)57-40-38(56-42(48-28-26-39(50)47-43(48)51)41(40)58-60(10,11)44(5,6)7)30-54-45(33-16-13-12-14-17-33,34-18-22-36(52-8)23-19-34)35-20-24-37(53-9)25-21-35/h12-14,16-26,28,31-32,38,40-42H,15,29-30H2,1-11H3,(H,47,50,51). The Balaban J connectivity index is 1.73. The summed E-state index contributed by atoms with van der Waals surface area (Å²) in [7, 11) is -1.20. The van der Waals surface area contributed by atoms with E-state index in [1.165, 1.54) is 16.8 Å². The molecular formula is C45H61N4O9PSi. The fourth-order valence-electron chi connectivity index (χ4n) is 7.14. The minimum atomic E-state index is -2.64. The van der Waals surface area contributed by atoms with Crippen LogP contribution in [-0.4, -0.2) is 80.4 Å². The molecule has 60 heavy (non-hydrogen) atoms. The summed E-state index contributed by atoms with van der Waals surface area (Å²) in [4.78, 5) is 28.4. The van der Waals surface area contributed by atoms with Crippen LogP contribution in [0.15, 0.2) is 101 Å². The monoisotopic (exact) mass is 860 g/mol. The molecule has 0 amide bonds. The number of aromatic amines is 1. The number of nitrogens with zero attached hydrogens (tertiary/aromatic N) is 3. The summed E-state index contributed by atoms with van der Waals surface area (Å²) in [5.74, 6) is 1.37. The van der Waals surface area contributed by atoms with E-state index < -0.39 is 58.2 Å². The van der Waals surface area contributed by atoms with Crippen LogP contribution >= 0.6 is 8.53 Å². The predicted molar refractivity (Wildman–Crippen MR) is 236 cm³/mol. The van der Waals surface area contributed by atoms with Gasteiger partial charge in [0.1, 0.15) is 35.4 Å². The summed E-state index contributed by atoms with van der Waals surface area (Å²) >= 11 is 0. The van der Waals surface area contributed by atoms with Gasteiger partial charge in [-0.05, 0) is 86.8 Å². The molecule has 1 aliphatic rings. The number of hydrogen-bond acceptors (Lipinski definition) is 11. The SMILES string of the molecule is COc1ccc(C(OCC2OC(n3ccc(=O)[nH]c3=O)C(O[Si](C)(C)C(C)(C)C)C2OP(OCCC#N)N(C(C)C)C(C)C)(c2ccccc2)c2ccc(OC)cc2)cc1. The van der Waals surface area contributed by atoms with Crippen molar-refractivity contribution in [2.75, 3.05) is 27.4 Å². The molecule has 5 rings (SSSR count). The summed E-state index contributed by atoms with van der Waals surface area (Å²) in [6.45, 7) is 19.1. The molecule has 1 aliphatic heterocycles. The van der Waals surface area contributed by atoms with Crippen LogP contribution in [0.3, 0.4) is 0 Å². The van der Waals surface area contributed by atoms with E-state index in [2.05, 4.69) is 77.3 Å². The molecule has 13 nitrogen and oxygen atoms in total. The van der Waals surface area contributed by atoms with E-state index in [1.54, 1.807) is 14.2 Å². The van der Waals surface area contributed by atoms with Crippen molar-refractivity contribution >= 4 is 16.8 Å². The molecule has 5 atom stereocenters. The van der Waals surface area contributed by atoms with E-state index >= 15 is 0 Å². The summed E-state index contributed by atoms with van der Waals surface area (Å²) in [6.07, 6.45) is -2.01. The third-order valence-electron chi connectivity index (χ3n) is 11.2. The average Bonchev–Trinajstić information content (AvgIpc) is 3.53. The number of nitrogens with one attached hydrogen (secondary N) is 1. The Morgan fingerprint density at radius 2 is 1.40 bits per heavy atom. The number of methoxy groups -OCH3 is 2. The molecule has 0 spiro atoms. The Morgan fingerprint density at radius 1 is 0.850 bits per heavy atom. The highest BCUT2D eigenvalue weighted by atomic mass is 31.2. The van der Waals surface area contributed by atoms with Crippen LogP contribution in [0, 0.1) is 11.3 Å². The van der Waals surface area contributed by atoms with E-state index in [1.807, 2.05) is 78.9 Å². The first-order valence-corrected chi connectivity index (χ1v) is 24.4. The normalized spacial score (nSPS) is 19.1. The summed E-state index contributed by atoms with van der Waals surface area (Å²) in [5, 5.41) is 9.26. The zero-order valence-electron chi connectivity index (χ0n) is 36.7. The molecule has 3 aromatic carbocycles. The van der Waals surface area contributed by atoms with Crippen molar-refractivity contribution in [3.8, 4) is 17.6 Å². The second-order valence-electron chi connectivity index (χ2n) is 16.9. The third-order valence-corrected chi connectivity index (χ3v) is 17.8. The molecule has 5 unspecified atom stereocenters. The van der Waals surface area contributed by atoms with Crippen molar-refractivity contribution in [2.45, 2.75) is 115 Å². The fourth-order valence-corrected chi connectivity index (χ4v) is 10.2. The van der Waals surface area contributed by atoms with Gasteiger partial charge in [-0.3, -0.25) is 14.3 Å². The van der Waals surface area contributed by atoms with Gasteiger partial charge in [-0.2, -0.15) is 5.26 Å². The molecule has 2 heterocycles. The lowest BCUT2D eigenvalue weighted by Crippen LogP contribution is -2.50. The number of H-pyrrole nitrogens is 1. The van der Waals surface area contributed by atoms with Gasteiger partial charge in [0.05, 0.1) is 39.9 Å². The van der Waals surface area contributed by atoms with Crippen LogP contribution in [0.4, 0.5) is 0 Å². The van der Waals surface area contributed by atoms with Gasteiger partial charge in [0.25, 0.3) is 14.1 Å². The summed E-state index contributed by atoms with van der Waals surface area (Å²) < 4.78 is 50.0. The van der Waals surface area contributed by atoms with Crippen LogP contribution in [-0.2, 0) is 28.5 Å². The predicted octanol–water partition coefficient (Wildman–Crippen LogP) is 8.51. The molecule has 1 fully saturated rings. The van der Waals surface area contributed by atoms with Crippen molar-refractivity contribution < 1.29 is 32.4 Å². The number of benzene rings is 3. The first-order valence-electron chi connectivity index (χ1n) is 20.4. The maximum atomic E-state index is 13.6. The van der Waals surface area contributed by atoms with Gasteiger partial charge in [-0.25, -0.2) is 9.46 Å². The van der Waals surface area contributed by atoms with E-state index in [4.69, 9.17) is 32.4 Å². The largest absolute Gasteiger partial charge is 0.497 e. The van der Waals surface area contributed by atoms with Gasteiger partial charge in [0, 0.05) is 24.3 Å². The summed E-state index contributed by atoms with van der Waals surface area (Å²) in [6, 6.07) is 29.0. The smallest absolute Gasteiger partial charge is 0.330 e. The maximum Gasteiger partial charge on any atom is 0.330 e. The van der Waals surface area contributed by atoms with E-state index in [9.17, 15) is 14.9 Å². The zero-order valence-corrected chi connectivity index (χ0v) is 38.6. The van der Waals surface area contributed by atoms with Gasteiger partial charge in [0.15, 0.2) is 14.5 Å². The number of ether oxygens (including phenoxy) is 4. The number of nitriles is 1. The van der Waals surface area contributed by atoms with Crippen molar-refractivity contribution in [3.63, 3.8) is 0 Å². The Hall–Kier alpha value is -4.16. The maximum absolute atomic E-state index is 13.6. The Morgan fingerprint density at radius 3 is 1.88 bits per heavy atom. The molecule has 1 N–H and O–H groups in total. The van der Waals surface area contributed by atoms with Gasteiger partial charge in [0.2, 0.25) is 0 Å². The lowest BCUT2D eigenvalue weighted by atomic mass is 9.80. The molecule has 0 saturated carbocycles. The lowest BCUT2D eigenvalue weighted by molar-refractivity contribution is -0.0943. The van der Waals surface area contributed by atoms with Crippen molar-refractivity contribution in [1.82, 2.24) is 14.2 Å². The second-order valence-corrected chi connectivity index (χ2v) is 23.0. The van der Waals surface area contributed by atoms with Crippen LogP contribution in [0.1, 0.15) is 77.8 Å². The molecule has 0 bridgehead atoms. The molecule has 1 saturated heterocycles. The Bertz CT molecular complexity index is 2080.